The first-order valence-corrected chi connectivity index (χ1v) is 40.9. The van der Waals surface area contributed by atoms with Gasteiger partial charge < -0.3 is 88.5 Å². The number of hydrogen-bond donors (Lipinski definition) is 6. The van der Waals surface area contributed by atoms with E-state index in [4.69, 9.17) is 56.8 Å². The van der Waals surface area contributed by atoms with Crippen molar-refractivity contribution in [3.63, 3.8) is 0 Å². The lowest BCUT2D eigenvalue weighted by molar-refractivity contribution is -0.255. The second-order valence-corrected chi connectivity index (χ2v) is 30.8. The third-order valence-corrected chi connectivity index (χ3v) is 21.3. The third-order valence-electron chi connectivity index (χ3n) is 21.3. The zero-order valence-electron chi connectivity index (χ0n) is 69.1. The fourth-order valence-electron chi connectivity index (χ4n) is 13.6. The number of carboxylic acid groups (broad SMARTS) is 1. The molecule has 3 aliphatic rings. The minimum atomic E-state index is -1.42. The number of unbranched alkanes of at least 4 members (excludes halogenated alkanes) is 7. The molecule has 6 N–H and O–H groups in total. The number of ketones is 4. The summed E-state index contributed by atoms with van der Waals surface area (Å²) in [7, 11) is 0. The summed E-state index contributed by atoms with van der Waals surface area (Å²) in [5, 5.41) is 23.8. The molecular weight excluding hydrogens is 1460 g/mol. The van der Waals surface area contributed by atoms with Crippen molar-refractivity contribution < 1.29 is 124 Å². The number of hydrogen-bond acceptors (Lipinski definition) is 25. The van der Waals surface area contributed by atoms with Crippen LogP contribution in [0, 0.1) is 41.4 Å². The number of nitrogens with one attached hydrogen (secondary N) is 5. The zero-order valence-corrected chi connectivity index (χ0v) is 69.1. The lowest BCUT2D eigenvalue weighted by Crippen LogP contribution is -2.58. The molecule has 0 spiro atoms. The van der Waals surface area contributed by atoms with Crippen molar-refractivity contribution in [1.29, 1.82) is 0 Å². The van der Waals surface area contributed by atoms with Gasteiger partial charge in [0.15, 0.2) is 18.9 Å². The molecular formula is C81H137N5O26. The molecule has 0 aromatic heterocycles. The number of Topliss-reactive ketones (excluding diaryl/α,β-unsaturated/α-hetero) is 4. The Hall–Kier alpha value is -6.45. The normalized spacial score (nSPS) is 24.1. The second kappa shape index (κ2) is 56.7. The van der Waals surface area contributed by atoms with Crippen LogP contribution >= 0.6 is 0 Å². The highest BCUT2D eigenvalue weighted by Crippen LogP contribution is 2.37. The molecule has 642 valence electrons. The van der Waals surface area contributed by atoms with Gasteiger partial charge in [-0.25, -0.2) is 0 Å². The first-order valence-electron chi connectivity index (χ1n) is 40.9. The predicted molar refractivity (Wildman–Crippen MR) is 410 cm³/mol. The van der Waals surface area contributed by atoms with Gasteiger partial charge in [0.1, 0.15) is 48.5 Å². The Balaban J connectivity index is 1.50. The Labute approximate surface area is 663 Å². The van der Waals surface area contributed by atoms with Gasteiger partial charge in [-0.1, -0.05) is 61.3 Å². The van der Waals surface area contributed by atoms with Gasteiger partial charge in [-0.3, -0.25) is 62.3 Å². The standard InChI is InChI=1S/C81H137N5O26/c1-53-54(2)69(47-107-62(10)89)110-78(59(53)7)104-41-22-19-31-65(92)27-15-13-17-29-67(94)36-44-101-50-81(86-74(98)34-25-35-75(99)100,51-102-45-37-68(95)30-18-14-16-28-66(93)32-20-23-42-105-79-76(84-60(8)87)57(5)55(3)70(111-79)48-108-63(11)90)52-103-46-38-73(97)83-40-26-39-82-72(96)33-21-24-43-106-80-77(85-61(9)88)58(6)56(4)71(112-80)49-109-64(12)91/h53-59,69-71,76-80H,13-52H2,1-12H3,(H,82,96)(H,83,97)(H,84,87)(H,85,88)(H,86,98)(H,99,100)/t53-,54+,55+,56?,57-,58-,59?,69?,70?,71?,76?,77?,78+,79+,80+,81?/m0/s1. The van der Waals surface area contributed by atoms with Crippen LogP contribution in [0.1, 0.15) is 250 Å². The van der Waals surface area contributed by atoms with Crippen molar-refractivity contribution in [3.05, 3.63) is 0 Å². The molecule has 16 atom stereocenters. The van der Waals surface area contributed by atoms with Gasteiger partial charge in [0.2, 0.25) is 29.5 Å². The lowest BCUT2D eigenvalue weighted by Gasteiger charge is -2.44. The van der Waals surface area contributed by atoms with E-state index in [1.54, 1.807) is 0 Å². The summed E-state index contributed by atoms with van der Waals surface area (Å²) in [6, 6.07) is -0.838. The van der Waals surface area contributed by atoms with Crippen LogP contribution in [-0.4, -0.2) is 229 Å². The van der Waals surface area contributed by atoms with Crippen molar-refractivity contribution in [2.45, 2.75) is 305 Å². The summed E-state index contributed by atoms with van der Waals surface area (Å²) in [4.78, 5) is 161. The highest BCUT2D eigenvalue weighted by molar-refractivity contribution is 5.81. The minimum Gasteiger partial charge on any atom is -0.481 e. The van der Waals surface area contributed by atoms with Crippen LogP contribution in [0.3, 0.4) is 0 Å². The van der Waals surface area contributed by atoms with Crippen molar-refractivity contribution >= 4 is 76.5 Å². The number of rotatable bonds is 62. The average molecular weight is 1600 g/mol. The van der Waals surface area contributed by atoms with Gasteiger partial charge in [-0.05, 0) is 113 Å². The quantitative estimate of drug-likeness (QED) is 0.0191. The summed E-state index contributed by atoms with van der Waals surface area (Å²) < 4.78 is 70.6. The number of aliphatic carboxylic acids is 1. The molecule has 3 fully saturated rings. The first kappa shape index (κ1) is 99.7. The zero-order chi connectivity index (χ0) is 83.0. The molecule has 8 unspecified atom stereocenters. The summed E-state index contributed by atoms with van der Waals surface area (Å²) in [5.41, 5.74) is -1.42. The van der Waals surface area contributed by atoms with Gasteiger partial charge in [0.05, 0.1) is 70.0 Å². The molecule has 0 radical (unpaired) electrons. The van der Waals surface area contributed by atoms with Crippen LogP contribution < -0.4 is 26.6 Å². The maximum Gasteiger partial charge on any atom is 0.303 e. The van der Waals surface area contributed by atoms with E-state index in [2.05, 4.69) is 47.4 Å². The Morgan fingerprint density at radius 2 is 0.661 bits per heavy atom. The van der Waals surface area contributed by atoms with E-state index in [9.17, 15) is 67.4 Å². The molecule has 31 nitrogen and oxygen atoms in total. The van der Waals surface area contributed by atoms with Crippen LogP contribution in [0.5, 0.6) is 0 Å². The SMILES string of the molecule is CC(=O)NC1[C@H](OCCCCC(=O)NCCCNC(=O)CCOCC(COCCC(=O)CCCCCC(=O)CCCCO[C@@H]2OC(COC(C)=O)[C@H](C)[C@H](C)C2C)(COCCC(=O)CCCCCC(=O)CCCCO[C@@H]2OC(COC(C)=O)[C@H](C)[C@H](C)C2NC(C)=O)NC(=O)CCCC(=O)O)OC(COC(C)=O)C(C)[C@@H]1C. The molecule has 0 saturated carbocycles. The average Bonchev–Trinajstić information content (AvgIpc) is 0.892. The van der Waals surface area contributed by atoms with Crippen molar-refractivity contribution in [3.8, 4) is 0 Å². The Kier molecular flexibility index (Phi) is 50.5. The highest BCUT2D eigenvalue weighted by atomic mass is 16.7. The van der Waals surface area contributed by atoms with Crippen LogP contribution in [0.15, 0.2) is 0 Å². The molecule has 5 amide bonds. The van der Waals surface area contributed by atoms with Crippen molar-refractivity contribution in [1.82, 2.24) is 26.6 Å². The fourth-order valence-corrected chi connectivity index (χ4v) is 13.6. The van der Waals surface area contributed by atoms with Gasteiger partial charge in [0, 0.05) is 150 Å². The molecule has 0 aromatic rings. The molecule has 3 aliphatic heterocycles. The summed E-state index contributed by atoms with van der Waals surface area (Å²) in [5.74, 6) is -3.25. The fraction of sp³-hybridized carbons (Fsp3) is 0.840. The van der Waals surface area contributed by atoms with E-state index < -0.39 is 72.5 Å². The number of ether oxygens (including phenoxy) is 12. The second-order valence-electron chi connectivity index (χ2n) is 30.8. The Morgan fingerprint density at radius 3 is 1.04 bits per heavy atom. The molecule has 31 heteroatoms. The topological polar surface area (TPSA) is 413 Å². The number of esters is 3. The van der Waals surface area contributed by atoms with E-state index in [1.165, 1.54) is 34.6 Å². The van der Waals surface area contributed by atoms with Crippen LogP contribution in [0.25, 0.3) is 0 Å². The van der Waals surface area contributed by atoms with Crippen LogP contribution in [0.2, 0.25) is 0 Å². The first-order chi connectivity index (χ1) is 53.3. The van der Waals surface area contributed by atoms with Crippen LogP contribution in [-0.2, 0) is 119 Å². The number of amides is 5. The maximum absolute atomic E-state index is 13.6. The maximum atomic E-state index is 13.6. The molecule has 3 saturated heterocycles. The summed E-state index contributed by atoms with van der Waals surface area (Å²) in [6.45, 7) is 22.0. The van der Waals surface area contributed by atoms with Gasteiger partial charge in [-0.15, -0.1) is 0 Å². The van der Waals surface area contributed by atoms with E-state index in [0.29, 0.717) is 128 Å². The molecule has 0 bridgehead atoms. The number of carbonyl (C=O) groups is 13. The summed E-state index contributed by atoms with van der Waals surface area (Å²) >= 11 is 0. The number of carboxylic acids is 1. The monoisotopic (exact) mass is 1600 g/mol. The highest BCUT2D eigenvalue weighted by Gasteiger charge is 2.45. The molecule has 112 heavy (non-hydrogen) atoms. The third kappa shape index (κ3) is 42.8. The largest absolute Gasteiger partial charge is 0.481 e. The van der Waals surface area contributed by atoms with E-state index in [0.717, 1.165) is 0 Å². The van der Waals surface area contributed by atoms with Gasteiger partial charge in [-0.2, -0.15) is 0 Å². The van der Waals surface area contributed by atoms with Crippen molar-refractivity contribution in [2.24, 2.45) is 41.4 Å². The predicted octanol–water partition coefficient (Wildman–Crippen LogP) is 8.00. The van der Waals surface area contributed by atoms with Gasteiger partial charge >= 0.3 is 23.9 Å². The molecule has 0 aliphatic carbocycles. The number of carbonyl (C=O) groups excluding carboxylic acids is 12. The van der Waals surface area contributed by atoms with E-state index >= 15 is 0 Å². The lowest BCUT2D eigenvalue weighted by atomic mass is 9.79. The Bertz CT molecular complexity index is 2750. The van der Waals surface area contributed by atoms with E-state index in [1.807, 2.05) is 27.7 Å². The van der Waals surface area contributed by atoms with Crippen molar-refractivity contribution in [2.75, 3.05) is 92.4 Å². The van der Waals surface area contributed by atoms with E-state index in [-0.39, 0.29) is 231 Å². The summed E-state index contributed by atoms with van der Waals surface area (Å²) in [6.07, 6.45) is 6.40. The molecule has 3 rings (SSSR count). The smallest absolute Gasteiger partial charge is 0.303 e. The molecule has 3 heterocycles. The van der Waals surface area contributed by atoms with Crippen LogP contribution in [0.4, 0.5) is 0 Å². The van der Waals surface area contributed by atoms with Gasteiger partial charge in [0.25, 0.3) is 0 Å². The minimum absolute atomic E-state index is 0.0259. The Morgan fingerprint density at radius 1 is 0.330 bits per heavy atom. The molecule has 0 aromatic carbocycles.